The maximum absolute atomic E-state index is 12.7. The molecule has 148 valence electrons. The molecule has 0 aliphatic heterocycles. The van der Waals surface area contributed by atoms with Crippen molar-refractivity contribution in [1.29, 1.82) is 0 Å². The molecule has 0 atom stereocenters. The Bertz CT molecular complexity index is 921. The third kappa shape index (κ3) is 5.59. The molecule has 0 saturated heterocycles. The number of nitrogens with one attached hydrogen (secondary N) is 2. The largest absolute Gasteiger partial charge is 0.444 e. The van der Waals surface area contributed by atoms with Gasteiger partial charge in [0, 0.05) is 16.9 Å². The summed E-state index contributed by atoms with van der Waals surface area (Å²) in [5.74, 6) is 0.237. The van der Waals surface area contributed by atoms with Crippen LogP contribution in [0.2, 0.25) is 10.0 Å². The Kier molecular flexibility index (Phi) is 5.82. The van der Waals surface area contributed by atoms with Crippen LogP contribution >= 0.6 is 23.2 Å². The van der Waals surface area contributed by atoms with E-state index in [9.17, 15) is 9.59 Å². The SMILES string of the molecule is CC(C)(C)OC(=O)Nc1cc(C(=O)Nc2cc(Cl)cc(C3CC3)c2)c(Cl)cn1. The monoisotopic (exact) mass is 421 g/mol. The average Bonchev–Trinajstić information content (AvgIpc) is 3.39. The number of carbonyl (C=O) groups is 2. The summed E-state index contributed by atoms with van der Waals surface area (Å²) in [4.78, 5) is 28.6. The zero-order chi connectivity index (χ0) is 20.5. The van der Waals surface area contributed by atoms with Crippen LogP contribution in [0.3, 0.4) is 0 Å². The Morgan fingerprint density at radius 1 is 1.11 bits per heavy atom. The molecule has 1 aromatic heterocycles. The Labute approximate surface area is 173 Å². The topological polar surface area (TPSA) is 80.3 Å². The predicted molar refractivity (Wildman–Crippen MR) is 110 cm³/mol. The number of benzene rings is 1. The highest BCUT2D eigenvalue weighted by Crippen LogP contribution is 2.41. The van der Waals surface area contributed by atoms with E-state index in [0.29, 0.717) is 16.6 Å². The van der Waals surface area contributed by atoms with Gasteiger partial charge in [-0.1, -0.05) is 23.2 Å². The zero-order valence-corrected chi connectivity index (χ0v) is 17.3. The van der Waals surface area contributed by atoms with Gasteiger partial charge in [0.1, 0.15) is 11.4 Å². The van der Waals surface area contributed by atoms with E-state index in [1.54, 1.807) is 26.8 Å². The second kappa shape index (κ2) is 7.97. The first-order chi connectivity index (χ1) is 13.1. The normalized spacial score (nSPS) is 13.8. The molecule has 1 saturated carbocycles. The second-order valence-corrected chi connectivity index (χ2v) is 8.52. The smallest absolute Gasteiger partial charge is 0.413 e. The van der Waals surface area contributed by atoms with E-state index in [1.165, 1.54) is 12.3 Å². The number of carbonyl (C=O) groups excluding carboxylic acids is 2. The average molecular weight is 422 g/mol. The quantitative estimate of drug-likeness (QED) is 0.646. The number of aromatic nitrogens is 1. The van der Waals surface area contributed by atoms with Crippen LogP contribution in [0.5, 0.6) is 0 Å². The van der Waals surface area contributed by atoms with Gasteiger partial charge in [-0.2, -0.15) is 0 Å². The standard InChI is InChI=1S/C20H21Cl2N3O3/c1-20(2,3)28-19(27)25-17-9-15(16(22)10-23-17)18(26)24-14-7-12(11-4-5-11)6-13(21)8-14/h6-11H,4-5H2,1-3H3,(H,24,26)(H,23,25,27). The van der Waals surface area contributed by atoms with Crippen LogP contribution in [0, 0.1) is 0 Å². The molecule has 28 heavy (non-hydrogen) atoms. The summed E-state index contributed by atoms with van der Waals surface area (Å²) < 4.78 is 5.18. The minimum Gasteiger partial charge on any atom is -0.444 e. The number of nitrogens with zero attached hydrogens (tertiary/aromatic N) is 1. The molecule has 8 heteroatoms. The highest BCUT2D eigenvalue weighted by molar-refractivity contribution is 6.34. The van der Waals surface area contributed by atoms with Gasteiger partial charge in [0.05, 0.1) is 10.6 Å². The van der Waals surface area contributed by atoms with E-state index in [4.69, 9.17) is 27.9 Å². The molecule has 0 radical (unpaired) electrons. The minimum atomic E-state index is -0.669. The van der Waals surface area contributed by atoms with Crippen LogP contribution in [-0.4, -0.2) is 22.6 Å². The van der Waals surface area contributed by atoms with Crippen molar-refractivity contribution < 1.29 is 14.3 Å². The molecule has 1 aliphatic carbocycles. The molecular weight excluding hydrogens is 401 g/mol. The first-order valence-corrected chi connectivity index (χ1v) is 9.64. The maximum Gasteiger partial charge on any atom is 0.413 e. The van der Waals surface area contributed by atoms with Gasteiger partial charge in [-0.05, 0) is 69.4 Å². The lowest BCUT2D eigenvalue weighted by Crippen LogP contribution is -2.27. The Morgan fingerprint density at radius 2 is 1.82 bits per heavy atom. The number of anilines is 2. The summed E-state index contributed by atoms with van der Waals surface area (Å²) >= 11 is 12.3. The lowest BCUT2D eigenvalue weighted by atomic mass is 10.1. The summed E-state index contributed by atoms with van der Waals surface area (Å²) in [7, 11) is 0. The molecule has 0 unspecified atom stereocenters. The molecule has 1 fully saturated rings. The van der Waals surface area contributed by atoms with Crippen molar-refractivity contribution in [3.8, 4) is 0 Å². The van der Waals surface area contributed by atoms with Crippen LogP contribution in [0.25, 0.3) is 0 Å². The fraction of sp³-hybridized carbons (Fsp3) is 0.350. The maximum atomic E-state index is 12.7. The van der Waals surface area contributed by atoms with Crippen molar-refractivity contribution in [1.82, 2.24) is 4.98 Å². The zero-order valence-electron chi connectivity index (χ0n) is 15.8. The highest BCUT2D eigenvalue weighted by Gasteiger charge is 2.24. The fourth-order valence-corrected chi connectivity index (χ4v) is 3.06. The molecule has 2 amide bonds. The number of pyridine rings is 1. The summed E-state index contributed by atoms with van der Waals surface area (Å²) in [5.41, 5.74) is 1.23. The van der Waals surface area contributed by atoms with Crippen molar-refractivity contribution in [2.45, 2.75) is 45.1 Å². The molecule has 3 rings (SSSR count). The predicted octanol–water partition coefficient (Wildman–Crippen LogP) is 5.87. The third-order valence-electron chi connectivity index (χ3n) is 3.96. The van der Waals surface area contributed by atoms with Gasteiger partial charge >= 0.3 is 6.09 Å². The van der Waals surface area contributed by atoms with Gasteiger partial charge in [-0.15, -0.1) is 0 Å². The molecule has 1 heterocycles. The molecule has 0 bridgehead atoms. The van der Waals surface area contributed by atoms with Crippen molar-refractivity contribution in [2.75, 3.05) is 10.6 Å². The number of rotatable bonds is 4. The van der Waals surface area contributed by atoms with E-state index in [2.05, 4.69) is 15.6 Å². The molecule has 1 aromatic carbocycles. The first kappa shape index (κ1) is 20.4. The van der Waals surface area contributed by atoms with Crippen LogP contribution in [0.1, 0.15) is 55.5 Å². The van der Waals surface area contributed by atoms with Crippen LogP contribution in [0.15, 0.2) is 30.5 Å². The Morgan fingerprint density at radius 3 is 2.46 bits per heavy atom. The number of ether oxygens (including phenoxy) is 1. The van der Waals surface area contributed by atoms with Crippen LogP contribution < -0.4 is 10.6 Å². The minimum absolute atomic E-state index is 0.161. The van der Waals surface area contributed by atoms with E-state index in [1.807, 2.05) is 12.1 Å². The highest BCUT2D eigenvalue weighted by atomic mass is 35.5. The molecular formula is C20H21Cl2N3O3. The Hall–Kier alpha value is -2.31. The van der Waals surface area contributed by atoms with E-state index in [-0.39, 0.29) is 16.4 Å². The Balaban J connectivity index is 1.75. The lowest BCUT2D eigenvalue weighted by Gasteiger charge is -2.19. The van der Waals surface area contributed by atoms with Gasteiger partial charge in [-0.3, -0.25) is 10.1 Å². The number of hydrogen-bond acceptors (Lipinski definition) is 4. The van der Waals surface area contributed by atoms with Crippen LogP contribution in [-0.2, 0) is 4.74 Å². The van der Waals surface area contributed by atoms with Gasteiger partial charge in [0.25, 0.3) is 5.91 Å². The van der Waals surface area contributed by atoms with Gasteiger partial charge in [0.2, 0.25) is 0 Å². The molecule has 1 aliphatic rings. The molecule has 0 spiro atoms. The van der Waals surface area contributed by atoms with Crippen molar-refractivity contribution in [2.24, 2.45) is 0 Å². The van der Waals surface area contributed by atoms with E-state index >= 15 is 0 Å². The summed E-state index contributed by atoms with van der Waals surface area (Å²) in [5, 5.41) is 6.02. The first-order valence-electron chi connectivity index (χ1n) is 8.88. The fourth-order valence-electron chi connectivity index (χ4n) is 2.62. The molecule has 6 nitrogen and oxygen atoms in total. The van der Waals surface area contributed by atoms with E-state index < -0.39 is 17.6 Å². The summed E-state index contributed by atoms with van der Waals surface area (Å²) in [6.45, 7) is 5.25. The third-order valence-corrected chi connectivity index (χ3v) is 4.48. The second-order valence-electron chi connectivity index (χ2n) is 7.68. The van der Waals surface area contributed by atoms with Crippen molar-refractivity contribution in [3.63, 3.8) is 0 Å². The summed E-state index contributed by atoms with van der Waals surface area (Å²) in [6.07, 6.45) is 2.89. The van der Waals surface area contributed by atoms with E-state index in [0.717, 1.165) is 18.4 Å². The number of halogens is 2. The lowest BCUT2D eigenvalue weighted by molar-refractivity contribution is 0.0635. The summed E-state index contributed by atoms with van der Waals surface area (Å²) in [6, 6.07) is 6.90. The molecule has 2 N–H and O–H groups in total. The van der Waals surface area contributed by atoms with Crippen molar-refractivity contribution >= 4 is 46.7 Å². The number of amides is 2. The molecule has 2 aromatic rings. The number of hydrogen-bond donors (Lipinski definition) is 2. The van der Waals surface area contributed by atoms with Crippen molar-refractivity contribution in [3.05, 3.63) is 51.6 Å². The van der Waals surface area contributed by atoms with Gasteiger partial charge < -0.3 is 10.1 Å². The van der Waals surface area contributed by atoms with Gasteiger partial charge in [0.15, 0.2) is 0 Å². The van der Waals surface area contributed by atoms with Gasteiger partial charge in [-0.25, -0.2) is 9.78 Å². The van der Waals surface area contributed by atoms with Crippen LogP contribution in [0.4, 0.5) is 16.3 Å².